The minimum atomic E-state index is -3.31. The molecule has 0 aliphatic heterocycles. The van der Waals surface area contributed by atoms with E-state index in [1.165, 1.54) is 0 Å². The van der Waals surface area contributed by atoms with Crippen LogP contribution in [0.2, 0.25) is 0 Å². The lowest BCUT2D eigenvalue weighted by molar-refractivity contribution is -0.117. The average Bonchev–Trinajstić information content (AvgIpc) is 2.31. The highest BCUT2D eigenvalue weighted by Gasteiger charge is 2.13. The minimum absolute atomic E-state index is 0.241. The molecule has 0 aliphatic carbocycles. The van der Waals surface area contributed by atoms with E-state index >= 15 is 0 Å². The summed E-state index contributed by atoms with van der Waals surface area (Å²) in [4.78, 5) is 11.8. The van der Waals surface area contributed by atoms with Gasteiger partial charge in [0.2, 0.25) is 15.9 Å². The molecule has 0 spiro atoms. The SMILES string of the molecule is CCCC(N)C(=O)Nc1ccc(NS(C)(=O)=O)c(C)c1. The zero-order chi connectivity index (χ0) is 15.3. The van der Waals surface area contributed by atoms with Crippen LogP contribution < -0.4 is 15.8 Å². The van der Waals surface area contributed by atoms with Crippen LogP contribution in [0.1, 0.15) is 25.3 Å². The van der Waals surface area contributed by atoms with Crippen LogP contribution in [-0.2, 0) is 14.8 Å². The predicted molar refractivity (Wildman–Crippen MR) is 81.2 cm³/mol. The lowest BCUT2D eigenvalue weighted by atomic mass is 10.1. The first-order valence-corrected chi connectivity index (χ1v) is 8.27. The van der Waals surface area contributed by atoms with Crippen LogP contribution in [0.4, 0.5) is 11.4 Å². The quantitative estimate of drug-likeness (QED) is 0.739. The Morgan fingerprint density at radius 3 is 2.55 bits per heavy atom. The van der Waals surface area contributed by atoms with Gasteiger partial charge < -0.3 is 11.1 Å². The monoisotopic (exact) mass is 299 g/mol. The number of amides is 1. The van der Waals surface area contributed by atoms with Crippen molar-refractivity contribution in [1.82, 2.24) is 0 Å². The molecule has 1 unspecified atom stereocenters. The summed E-state index contributed by atoms with van der Waals surface area (Å²) in [7, 11) is -3.31. The molecule has 0 heterocycles. The molecule has 0 saturated carbocycles. The number of sulfonamides is 1. The van der Waals surface area contributed by atoms with E-state index in [2.05, 4.69) is 10.0 Å². The summed E-state index contributed by atoms with van der Waals surface area (Å²) < 4.78 is 24.8. The first-order valence-electron chi connectivity index (χ1n) is 6.38. The van der Waals surface area contributed by atoms with Crippen LogP contribution in [0.3, 0.4) is 0 Å². The van der Waals surface area contributed by atoms with Crippen molar-refractivity contribution < 1.29 is 13.2 Å². The van der Waals surface area contributed by atoms with Crippen molar-refractivity contribution in [3.05, 3.63) is 23.8 Å². The molecule has 0 aliphatic rings. The van der Waals surface area contributed by atoms with Crippen molar-refractivity contribution >= 4 is 27.3 Å². The first-order chi connectivity index (χ1) is 9.23. The summed E-state index contributed by atoms with van der Waals surface area (Å²) in [6.07, 6.45) is 2.55. The van der Waals surface area contributed by atoms with Crippen LogP contribution in [0.15, 0.2) is 18.2 Å². The third kappa shape index (κ3) is 5.18. The van der Waals surface area contributed by atoms with E-state index in [1.54, 1.807) is 25.1 Å². The maximum atomic E-state index is 11.8. The molecule has 4 N–H and O–H groups in total. The van der Waals surface area contributed by atoms with E-state index in [4.69, 9.17) is 5.73 Å². The Morgan fingerprint density at radius 1 is 1.40 bits per heavy atom. The molecule has 1 rings (SSSR count). The van der Waals surface area contributed by atoms with Gasteiger partial charge in [-0.25, -0.2) is 8.42 Å². The number of aryl methyl sites for hydroxylation is 1. The average molecular weight is 299 g/mol. The number of rotatable bonds is 6. The van der Waals surface area contributed by atoms with Gasteiger partial charge in [-0.2, -0.15) is 0 Å². The molecule has 1 aromatic rings. The zero-order valence-electron chi connectivity index (χ0n) is 11.9. The van der Waals surface area contributed by atoms with Crippen molar-refractivity contribution in [3.63, 3.8) is 0 Å². The molecule has 1 amide bonds. The number of carbonyl (C=O) groups is 1. The highest BCUT2D eigenvalue weighted by molar-refractivity contribution is 7.92. The molecule has 0 radical (unpaired) electrons. The molecule has 7 heteroatoms. The maximum Gasteiger partial charge on any atom is 0.241 e. The second-order valence-corrected chi connectivity index (χ2v) is 6.54. The molecular formula is C13H21N3O3S. The van der Waals surface area contributed by atoms with Crippen LogP contribution in [0.25, 0.3) is 0 Å². The Kier molecular flexibility index (Phi) is 5.52. The van der Waals surface area contributed by atoms with Crippen LogP contribution in [-0.4, -0.2) is 26.6 Å². The Morgan fingerprint density at radius 2 is 2.05 bits per heavy atom. The number of nitrogens with two attached hydrogens (primary N) is 1. The number of carbonyl (C=O) groups excluding carboxylic acids is 1. The summed E-state index contributed by atoms with van der Waals surface area (Å²) in [5, 5.41) is 2.72. The number of hydrogen-bond donors (Lipinski definition) is 3. The largest absolute Gasteiger partial charge is 0.325 e. The summed E-state index contributed by atoms with van der Waals surface area (Å²) in [6, 6.07) is 4.41. The van der Waals surface area contributed by atoms with E-state index in [-0.39, 0.29) is 5.91 Å². The van der Waals surface area contributed by atoms with Gasteiger partial charge in [0.15, 0.2) is 0 Å². The smallest absolute Gasteiger partial charge is 0.241 e. The highest BCUT2D eigenvalue weighted by atomic mass is 32.2. The summed E-state index contributed by atoms with van der Waals surface area (Å²) in [6.45, 7) is 3.72. The van der Waals surface area contributed by atoms with Crippen LogP contribution >= 0.6 is 0 Å². The maximum absolute atomic E-state index is 11.8. The van der Waals surface area contributed by atoms with Crippen molar-refractivity contribution in [1.29, 1.82) is 0 Å². The molecule has 0 saturated heterocycles. The van der Waals surface area contributed by atoms with Crippen molar-refractivity contribution in [2.24, 2.45) is 5.73 Å². The standard InChI is InChI=1S/C13H21N3O3S/c1-4-5-11(14)13(17)15-10-6-7-12(9(2)8-10)16-20(3,18)19/h6-8,11,16H,4-5,14H2,1-3H3,(H,15,17). The van der Waals surface area contributed by atoms with Gasteiger partial charge >= 0.3 is 0 Å². The Bertz CT molecular complexity index is 585. The lowest BCUT2D eigenvalue weighted by Gasteiger charge is -2.13. The minimum Gasteiger partial charge on any atom is -0.325 e. The van der Waals surface area contributed by atoms with Crippen molar-refractivity contribution in [3.8, 4) is 0 Å². The van der Waals surface area contributed by atoms with E-state index in [0.29, 0.717) is 17.8 Å². The van der Waals surface area contributed by atoms with Gasteiger partial charge in [-0.15, -0.1) is 0 Å². The lowest BCUT2D eigenvalue weighted by Crippen LogP contribution is -2.35. The van der Waals surface area contributed by atoms with E-state index < -0.39 is 16.1 Å². The molecule has 6 nitrogen and oxygen atoms in total. The molecule has 0 fully saturated rings. The topological polar surface area (TPSA) is 101 Å². The molecule has 1 aromatic carbocycles. The van der Waals surface area contributed by atoms with E-state index in [1.807, 2.05) is 6.92 Å². The van der Waals surface area contributed by atoms with E-state index in [0.717, 1.165) is 18.2 Å². The second-order valence-electron chi connectivity index (χ2n) is 4.79. The van der Waals surface area contributed by atoms with Crippen LogP contribution in [0.5, 0.6) is 0 Å². The normalized spacial score (nSPS) is 12.8. The summed E-state index contributed by atoms with van der Waals surface area (Å²) in [5.41, 5.74) is 7.53. The third-order valence-corrected chi connectivity index (χ3v) is 3.32. The molecule has 20 heavy (non-hydrogen) atoms. The molecular weight excluding hydrogens is 278 g/mol. The number of anilines is 2. The first kappa shape index (κ1) is 16.5. The summed E-state index contributed by atoms with van der Waals surface area (Å²) >= 11 is 0. The molecule has 0 aromatic heterocycles. The fourth-order valence-corrected chi connectivity index (χ4v) is 2.36. The van der Waals surface area contributed by atoms with E-state index in [9.17, 15) is 13.2 Å². The van der Waals surface area contributed by atoms with Gasteiger partial charge in [0.1, 0.15) is 0 Å². The van der Waals surface area contributed by atoms with Crippen LogP contribution in [0, 0.1) is 6.92 Å². The second kappa shape index (κ2) is 6.71. The predicted octanol–water partition coefficient (Wildman–Crippen LogP) is 1.43. The van der Waals surface area contributed by atoms with Gasteiger partial charge in [0.05, 0.1) is 18.0 Å². The van der Waals surface area contributed by atoms with Crippen molar-refractivity contribution in [2.45, 2.75) is 32.7 Å². The Hall–Kier alpha value is -1.60. The summed E-state index contributed by atoms with van der Waals surface area (Å²) in [5.74, 6) is -0.241. The number of hydrogen-bond acceptors (Lipinski definition) is 4. The van der Waals surface area contributed by atoms with Gasteiger partial charge in [0.25, 0.3) is 0 Å². The zero-order valence-corrected chi connectivity index (χ0v) is 12.8. The third-order valence-electron chi connectivity index (χ3n) is 2.73. The Labute approximate surface area is 119 Å². The van der Waals surface area contributed by atoms with Gasteiger partial charge in [0, 0.05) is 5.69 Å². The molecule has 1 atom stereocenters. The van der Waals surface area contributed by atoms with Gasteiger partial charge in [-0.05, 0) is 37.1 Å². The number of nitrogens with one attached hydrogen (secondary N) is 2. The van der Waals surface area contributed by atoms with Gasteiger partial charge in [-0.1, -0.05) is 13.3 Å². The fourth-order valence-electron chi connectivity index (χ4n) is 1.73. The highest BCUT2D eigenvalue weighted by Crippen LogP contribution is 2.20. The van der Waals surface area contributed by atoms with Gasteiger partial charge in [-0.3, -0.25) is 9.52 Å². The molecule has 112 valence electrons. The molecule has 0 bridgehead atoms. The Balaban J connectivity index is 2.80. The number of benzene rings is 1. The fraction of sp³-hybridized carbons (Fsp3) is 0.462. The van der Waals surface area contributed by atoms with Crippen molar-refractivity contribution in [2.75, 3.05) is 16.3 Å².